The second kappa shape index (κ2) is 36.8. The van der Waals surface area contributed by atoms with Gasteiger partial charge in [-0.05, 0) is 39.5 Å². The van der Waals surface area contributed by atoms with Crippen LogP contribution in [0.4, 0.5) is 0 Å². The number of hydrogen-bond acceptors (Lipinski definition) is 9. The number of Topliss-reactive ketones (excluding diaryl/α,β-unsaturated/α-hetero) is 4. The van der Waals surface area contributed by atoms with Gasteiger partial charge in [0, 0.05) is 51.0 Å². The zero-order valence-corrected chi connectivity index (χ0v) is 31.8. The largest absolute Gasteiger partial charge is 0.481 e. The molecule has 0 spiro atoms. The normalized spacial score (nSPS) is 11.9. The van der Waals surface area contributed by atoms with Crippen molar-refractivity contribution in [2.24, 2.45) is 5.92 Å². The van der Waals surface area contributed by atoms with E-state index in [1.54, 1.807) is 0 Å². The molecule has 1 atom stereocenters. The topological polar surface area (TPSA) is 143 Å². The summed E-state index contributed by atoms with van der Waals surface area (Å²) in [5.74, 6) is -0.802. The molecule has 0 aromatic carbocycles. The lowest BCUT2D eigenvalue weighted by Crippen LogP contribution is -2.18. The van der Waals surface area contributed by atoms with Crippen molar-refractivity contribution in [3.05, 3.63) is 0 Å². The van der Waals surface area contributed by atoms with Gasteiger partial charge in [-0.2, -0.15) is 0 Å². The van der Waals surface area contributed by atoms with E-state index in [0.717, 1.165) is 32.1 Å². The minimum absolute atomic E-state index is 0.0234. The number of unbranched alkanes of at least 4 members (excludes halogenated alkanes) is 15. The monoisotopic (exact) mass is 713 g/mol. The fourth-order valence-corrected chi connectivity index (χ4v) is 5.72. The van der Waals surface area contributed by atoms with Crippen molar-refractivity contribution in [2.75, 3.05) is 52.9 Å². The molecule has 0 saturated carbocycles. The first kappa shape index (κ1) is 48.0. The van der Waals surface area contributed by atoms with Crippen LogP contribution in [0.5, 0.6) is 0 Å². The van der Waals surface area contributed by atoms with Gasteiger partial charge in [0.05, 0.1) is 46.2 Å². The SMILES string of the molecule is CC(=O)CC[C@H](CC(=O)CCOCCOCCOCCOCCCC(=O)CCCCCCCCCCCCCCCCCCC(=O)O)C(C)=O. The summed E-state index contributed by atoms with van der Waals surface area (Å²) in [5.41, 5.74) is 0. The number of carboxylic acids is 1. The lowest BCUT2D eigenvalue weighted by molar-refractivity contribution is -0.137. The highest BCUT2D eigenvalue weighted by Crippen LogP contribution is 2.16. The van der Waals surface area contributed by atoms with Crippen LogP contribution in [0.15, 0.2) is 0 Å². The Morgan fingerprint density at radius 2 is 0.800 bits per heavy atom. The van der Waals surface area contributed by atoms with Crippen LogP contribution < -0.4 is 0 Å². The van der Waals surface area contributed by atoms with Crippen molar-refractivity contribution in [2.45, 2.75) is 168 Å². The summed E-state index contributed by atoms with van der Waals surface area (Å²) < 4.78 is 22.0. The summed E-state index contributed by atoms with van der Waals surface area (Å²) >= 11 is 0. The number of rotatable bonds is 41. The van der Waals surface area contributed by atoms with Crippen LogP contribution in [-0.2, 0) is 42.9 Å². The summed E-state index contributed by atoms with van der Waals surface area (Å²) in [4.78, 5) is 57.5. The molecule has 0 heterocycles. The molecule has 0 fully saturated rings. The Kier molecular flexibility index (Phi) is 35.3. The van der Waals surface area contributed by atoms with E-state index < -0.39 is 5.97 Å². The Balaban J connectivity index is 3.32. The Morgan fingerprint density at radius 1 is 0.420 bits per heavy atom. The molecule has 0 aliphatic heterocycles. The summed E-state index contributed by atoms with van der Waals surface area (Å²) in [5, 5.41) is 8.64. The number of carboxylic acid groups (broad SMARTS) is 1. The maximum absolute atomic E-state index is 12.1. The molecule has 10 nitrogen and oxygen atoms in total. The lowest BCUT2D eigenvalue weighted by Gasteiger charge is -2.12. The van der Waals surface area contributed by atoms with E-state index in [9.17, 15) is 24.0 Å². The molecule has 50 heavy (non-hydrogen) atoms. The van der Waals surface area contributed by atoms with E-state index in [4.69, 9.17) is 24.1 Å². The maximum atomic E-state index is 12.1. The molecule has 0 aromatic heterocycles. The highest BCUT2D eigenvalue weighted by Gasteiger charge is 2.18. The third-order valence-electron chi connectivity index (χ3n) is 8.88. The van der Waals surface area contributed by atoms with Gasteiger partial charge in [0.2, 0.25) is 0 Å². The number of ketones is 4. The predicted octanol–water partition coefficient (Wildman–Crippen LogP) is 8.43. The number of carbonyl (C=O) groups excluding carboxylic acids is 4. The van der Waals surface area contributed by atoms with Crippen LogP contribution in [-0.4, -0.2) is 87.1 Å². The van der Waals surface area contributed by atoms with Gasteiger partial charge in [-0.3, -0.25) is 19.2 Å². The number of ether oxygens (including phenoxy) is 4. The Bertz CT molecular complexity index is 859. The molecule has 0 saturated heterocycles. The van der Waals surface area contributed by atoms with Crippen molar-refractivity contribution in [1.29, 1.82) is 0 Å². The van der Waals surface area contributed by atoms with Crippen molar-refractivity contribution < 1.29 is 48.0 Å². The highest BCUT2D eigenvalue weighted by molar-refractivity contribution is 5.87. The first-order valence-corrected chi connectivity index (χ1v) is 19.8. The Morgan fingerprint density at radius 3 is 1.22 bits per heavy atom. The number of hydrogen-bond donors (Lipinski definition) is 1. The van der Waals surface area contributed by atoms with E-state index in [0.29, 0.717) is 84.1 Å². The van der Waals surface area contributed by atoms with Crippen LogP contribution in [0.2, 0.25) is 0 Å². The third kappa shape index (κ3) is 37.3. The molecular formula is C40H72O10. The Labute approximate surface area is 303 Å². The number of carbonyl (C=O) groups is 5. The van der Waals surface area contributed by atoms with E-state index >= 15 is 0 Å². The van der Waals surface area contributed by atoms with Gasteiger partial charge in [-0.15, -0.1) is 0 Å². The zero-order valence-electron chi connectivity index (χ0n) is 31.8. The minimum Gasteiger partial charge on any atom is -0.481 e. The van der Waals surface area contributed by atoms with Crippen LogP contribution in [0.25, 0.3) is 0 Å². The van der Waals surface area contributed by atoms with Crippen molar-refractivity contribution in [1.82, 2.24) is 0 Å². The van der Waals surface area contributed by atoms with Crippen LogP contribution in [0.3, 0.4) is 0 Å². The molecule has 0 amide bonds. The van der Waals surface area contributed by atoms with Gasteiger partial charge >= 0.3 is 5.97 Å². The van der Waals surface area contributed by atoms with Crippen LogP contribution >= 0.6 is 0 Å². The summed E-state index contributed by atoms with van der Waals surface area (Å²) in [7, 11) is 0. The van der Waals surface area contributed by atoms with E-state index in [1.165, 1.54) is 90.9 Å². The summed E-state index contributed by atoms with van der Waals surface area (Å²) in [6.07, 6.45) is 22.9. The van der Waals surface area contributed by atoms with E-state index in [2.05, 4.69) is 0 Å². The summed E-state index contributed by atoms with van der Waals surface area (Å²) in [6, 6.07) is 0. The van der Waals surface area contributed by atoms with E-state index in [-0.39, 0.29) is 42.7 Å². The molecule has 292 valence electrons. The maximum Gasteiger partial charge on any atom is 0.303 e. The predicted molar refractivity (Wildman–Crippen MR) is 197 cm³/mol. The van der Waals surface area contributed by atoms with Gasteiger partial charge in [-0.25, -0.2) is 0 Å². The molecule has 1 N–H and O–H groups in total. The molecule has 10 heteroatoms. The average Bonchev–Trinajstić information content (AvgIpc) is 3.07. The van der Waals surface area contributed by atoms with Crippen LogP contribution in [0, 0.1) is 5.92 Å². The molecule has 0 aromatic rings. The van der Waals surface area contributed by atoms with Gasteiger partial charge in [0.25, 0.3) is 0 Å². The zero-order chi connectivity index (χ0) is 36.9. The molecule has 0 rings (SSSR count). The second-order valence-electron chi connectivity index (χ2n) is 13.7. The van der Waals surface area contributed by atoms with E-state index in [1.807, 2.05) is 0 Å². The van der Waals surface area contributed by atoms with Gasteiger partial charge in [0.1, 0.15) is 23.1 Å². The molecule has 0 radical (unpaired) electrons. The highest BCUT2D eigenvalue weighted by atomic mass is 16.6. The summed E-state index contributed by atoms with van der Waals surface area (Å²) in [6.45, 7) is 6.43. The molecule has 0 unspecified atom stereocenters. The first-order chi connectivity index (χ1) is 24.2. The minimum atomic E-state index is -0.680. The van der Waals surface area contributed by atoms with Gasteiger partial charge < -0.3 is 28.8 Å². The third-order valence-corrected chi connectivity index (χ3v) is 8.88. The van der Waals surface area contributed by atoms with Crippen molar-refractivity contribution >= 4 is 29.1 Å². The smallest absolute Gasteiger partial charge is 0.303 e. The van der Waals surface area contributed by atoms with Crippen molar-refractivity contribution in [3.8, 4) is 0 Å². The molecule has 0 bridgehead atoms. The Hall–Kier alpha value is -2.01. The van der Waals surface area contributed by atoms with Gasteiger partial charge in [0.15, 0.2) is 0 Å². The fraction of sp³-hybridized carbons (Fsp3) is 0.875. The average molecular weight is 713 g/mol. The van der Waals surface area contributed by atoms with Crippen molar-refractivity contribution in [3.63, 3.8) is 0 Å². The lowest BCUT2D eigenvalue weighted by atomic mass is 9.92. The standard InChI is InChI=1S/C40H72O10/c1-35(41)23-24-37(36(2)42)34-39(44)25-27-48-29-31-50-33-32-49-30-28-47-26-19-21-38(43)20-17-15-13-11-9-7-5-3-4-6-8-10-12-14-16-18-22-40(45)46/h37H,3-34H2,1-2H3,(H,45,46)/t37-/m1/s1. The molecular weight excluding hydrogens is 640 g/mol. The van der Waals surface area contributed by atoms with Gasteiger partial charge in [-0.1, -0.05) is 89.9 Å². The number of aliphatic carboxylic acids is 1. The first-order valence-electron chi connectivity index (χ1n) is 19.8. The quantitative estimate of drug-likeness (QED) is 0.0614. The second-order valence-corrected chi connectivity index (χ2v) is 13.7. The fourth-order valence-electron chi connectivity index (χ4n) is 5.72. The van der Waals surface area contributed by atoms with Crippen LogP contribution in [0.1, 0.15) is 168 Å². The molecule has 0 aliphatic carbocycles. The molecule has 0 aliphatic rings.